The molecule has 0 saturated heterocycles. The number of urea groups is 1. The minimum Gasteiger partial charge on any atom is -0.755 e. The first-order valence-electron chi connectivity index (χ1n) is 6.45. The van der Waals surface area contributed by atoms with Crippen molar-refractivity contribution in [1.82, 2.24) is 0 Å². The summed E-state index contributed by atoms with van der Waals surface area (Å²) in [7, 11) is 0. The van der Waals surface area contributed by atoms with Crippen molar-refractivity contribution in [3.8, 4) is 0 Å². The van der Waals surface area contributed by atoms with E-state index in [1.54, 1.807) is 0 Å². The molecule has 0 aliphatic rings. The largest absolute Gasteiger partial charge is 0.755 e. The van der Waals surface area contributed by atoms with E-state index in [0.717, 1.165) is 24.3 Å². The Hall–Kier alpha value is -2.59. The molecule has 0 radical (unpaired) electrons. The molecule has 2 amide bonds. The summed E-state index contributed by atoms with van der Waals surface area (Å²) < 4.78 is 60.4. The molecule has 6 nitrogen and oxygen atoms in total. The number of amides is 2. The number of halogens is 3. The molecule has 0 heterocycles. The van der Waals surface area contributed by atoms with Gasteiger partial charge in [-0.15, -0.1) is 0 Å². The highest BCUT2D eigenvalue weighted by Gasteiger charge is 2.29. The van der Waals surface area contributed by atoms with E-state index in [1.807, 2.05) is 0 Å². The van der Waals surface area contributed by atoms with Crippen molar-refractivity contribution in [3.05, 3.63) is 54.1 Å². The lowest BCUT2D eigenvalue weighted by atomic mass is 10.2. The van der Waals surface area contributed by atoms with Crippen LogP contribution in [0, 0.1) is 0 Å². The molecule has 0 fully saturated rings. The maximum atomic E-state index is 12.4. The summed E-state index contributed by atoms with van der Waals surface area (Å²) in [6, 6.07) is 9.13. The minimum atomic E-state index is -4.44. The van der Waals surface area contributed by atoms with Crippen LogP contribution in [0.1, 0.15) is 5.56 Å². The summed E-state index contributed by atoms with van der Waals surface area (Å²) in [4.78, 5) is 11.8. The average molecular weight is 358 g/mol. The maximum absolute atomic E-state index is 12.4. The third-order valence-electron chi connectivity index (χ3n) is 2.81. The van der Waals surface area contributed by atoms with Gasteiger partial charge in [0, 0.05) is 28.3 Å². The van der Waals surface area contributed by atoms with Crippen molar-refractivity contribution in [1.29, 1.82) is 0 Å². The third kappa shape index (κ3) is 5.25. The molecule has 24 heavy (non-hydrogen) atoms. The van der Waals surface area contributed by atoms with Gasteiger partial charge in [0.2, 0.25) is 0 Å². The molecule has 0 spiro atoms. The van der Waals surface area contributed by atoms with Crippen LogP contribution in [-0.2, 0) is 17.4 Å². The summed E-state index contributed by atoms with van der Waals surface area (Å²) >= 11 is -2.45. The molecule has 10 heteroatoms. The molecule has 2 aromatic carbocycles. The summed E-state index contributed by atoms with van der Waals surface area (Å²) in [6.45, 7) is 0. The standard InChI is InChI=1S/C14H12F3N3O3S/c15-14(16,17)9-1-3-10(4-2-9)18-13(21)19-11-5-7-12(8-6-11)20-24(22)23/h1-8,20H,(H,22,23)(H2,18,19,21)/p-1. The molecular weight excluding hydrogens is 347 g/mol. The lowest BCUT2D eigenvalue weighted by Gasteiger charge is -2.11. The Morgan fingerprint density at radius 3 is 1.71 bits per heavy atom. The molecule has 0 aliphatic heterocycles. The van der Waals surface area contributed by atoms with E-state index in [-0.39, 0.29) is 5.69 Å². The van der Waals surface area contributed by atoms with Gasteiger partial charge < -0.3 is 19.9 Å². The van der Waals surface area contributed by atoms with Crippen LogP contribution in [0.5, 0.6) is 0 Å². The van der Waals surface area contributed by atoms with Crippen LogP contribution < -0.4 is 15.4 Å². The Bertz CT molecular complexity index is 734. The third-order valence-corrected chi connectivity index (χ3v) is 3.22. The second-order valence-corrected chi connectivity index (χ2v) is 5.24. The van der Waals surface area contributed by atoms with Gasteiger partial charge in [-0.2, -0.15) is 13.2 Å². The molecule has 0 aliphatic carbocycles. The molecule has 0 bridgehead atoms. The molecule has 3 N–H and O–H groups in total. The number of nitrogens with one attached hydrogen (secondary N) is 3. The number of anilines is 3. The zero-order chi connectivity index (χ0) is 17.7. The molecule has 0 aromatic heterocycles. The molecular formula is C14H11F3N3O3S-. The van der Waals surface area contributed by atoms with E-state index in [2.05, 4.69) is 15.4 Å². The number of benzene rings is 2. The number of alkyl halides is 3. The van der Waals surface area contributed by atoms with Crippen LogP contribution in [0.4, 0.5) is 35.0 Å². The Morgan fingerprint density at radius 1 is 0.875 bits per heavy atom. The highest BCUT2D eigenvalue weighted by atomic mass is 32.2. The smallest absolute Gasteiger partial charge is 0.416 e. The fourth-order valence-corrected chi connectivity index (χ4v) is 2.08. The van der Waals surface area contributed by atoms with E-state index in [0.29, 0.717) is 11.4 Å². The Morgan fingerprint density at radius 2 is 1.29 bits per heavy atom. The fraction of sp³-hybridized carbons (Fsp3) is 0.0714. The van der Waals surface area contributed by atoms with Gasteiger partial charge in [0.15, 0.2) is 0 Å². The van der Waals surface area contributed by atoms with E-state index in [1.165, 1.54) is 24.3 Å². The molecule has 2 rings (SSSR count). The molecule has 1 unspecified atom stereocenters. The predicted molar refractivity (Wildman–Crippen MR) is 83.1 cm³/mol. The first-order valence-corrected chi connectivity index (χ1v) is 7.53. The number of carbonyl (C=O) groups excluding carboxylic acids is 1. The van der Waals surface area contributed by atoms with Crippen molar-refractivity contribution in [2.24, 2.45) is 0 Å². The summed E-state index contributed by atoms with van der Waals surface area (Å²) in [6.07, 6.45) is -4.44. The van der Waals surface area contributed by atoms with Gasteiger partial charge in [0.25, 0.3) is 0 Å². The second kappa shape index (κ2) is 7.32. The van der Waals surface area contributed by atoms with Gasteiger partial charge in [0.05, 0.1) is 5.56 Å². The van der Waals surface area contributed by atoms with Gasteiger partial charge in [0.1, 0.15) is 0 Å². The van der Waals surface area contributed by atoms with E-state index in [9.17, 15) is 26.7 Å². The van der Waals surface area contributed by atoms with E-state index < -0.39 is 29.0 Å². The zero-order valence-electron chi connectivity index (χ0n) is 11.9. The van der Waals surface area contributed by atoms with Crippen LogP contribution >= 0.6 is 0 Å². The number of carbonyl (C=O) groups is 1. The summed E-state index contributed by atoms with van der Waals surface area (Å²) in [5.74, 6) is 0. The predicted octanol–water partition coefficient (Wildman–Crippen LogP) is 3.56. The lowest BCUT2D eigenvalue weighted by Crippen LogP contribution is -2.19. The van der Waals surface area contributed by atoms with Crippen molar-refractivity contribution < 1.29 is 26.7 Å². The van der Waals surface area contributed by atoms with Crippen molar-refractivity contribution >= 4 is 34.4 Å². The first kappa shape index (κ1) is 17.8. The van der Waals surface area contributed by atoms with Crippen LogP contribution in [0.3, 0.4) is 0 Å². The molecule has 0 saturated carbocycles. The fourth-order valence-electron chi connectivity index (χ4n) is 1.75. The van der Waals surface area contributed by atoms with Gasteiger partial charge in [-0.3, -0.25) is 4.21 Å². The lowest BCUT2D eigenvalue weighted by molar-refractivity contribution is -0.137. The highest BCUT2D eigenvalue weighted by molar-refractivity contribution is 7.80. The first-order chi connectivity index (χ1) is 11.2. The Balaban J connectivity index is 1.94. The summed E-state index contributed by atoms with van der Waals surface area (Å²) in [5, 5.41) is 4.85. The van der Waals surface area contributed by atoms with E-state index in [4.69, 9.17) is 0 Å². The number of rotatable bonds is 4. The monoisotopic (exact) mass is 358 g/mol. The van der Waals surface area contributed by atoms with Gasteiger partial charge in [-0.1, -0.05) is 0 Å². The quantitative estimate of drug-likeness (QED) is 0.730. The zero-order valence-corrected chi connectivity index (χ0v) is 12.7. The molecule has 1 atom stereocenters. The van der Waals surface area contributed by atoms with Crippen molar-refractivity contribution in [3.63, 3.8) is 0 Å². The summed E-state index contributed by atoms with van der Waals surface area (Å²) in [5.41, 5.74) is 0.0755. The Kier molecular flexibility index (Phi) is 5.42. The van der Waals surface area contributed by atoms with Crippen molar-refractivity contribution in [2.75, 3.05) is 15.4 Å². The van der Waals surface area contributed by atoms with Crippen LogP contribution in [0.15, 0.2) is 48.5 Å². The molecule has 128 valence electrons. The van der Waals surface area contributed by atoms with Crippen LogP contribution in [-0.4, -0.2) is 14.8 Å². The van der Waals surface area contributed by atoms with Gasteiger partial charge >= 0.3 is 12.2 Å². The van der Waals surface area contributed by atoms with Crippen LogP contribution in [0.25, 0.3) is 0 Å². The number of hydrogen-bond donors (Lipinski definition) is 3. The average Bonchev–Trinajstić information content (AvgIpc) is 2.48. The normalized spacial score (nSPS) is 12.3. The van der Waals surface area contributed by atoms with E-state index >= 15 is 0 Å². The maximum Gasteiger partial charge on any atom is 0.416 e. The highest BCUT2D eigenvalue weighted by Crippen LogP contribution is 2.29. The SMILES string of the molecule is O=C(Nc1ccc(NS(=O)[O-])cc1)Nc1ccc(C(F)(F)F)cc1. The second-order valence-electron chi connectivity index (χ2n) is 4.57. The van der Waals surface area contributed by atoms with Gasteiger partial charge in [-0.05, 0) is 48.5 Å². The van der Waals surface area contributed by atoms with Crippen LogP contribution in [0.2, 0.25) is 0 Å². The minimum absolute atomic E-state index is 0.195. The Labute approximate surface area is 137 Å². The van der Waals surface area contributed by atoms with Gasteiger partial charge in [-0.25, -0.2) is 4.79 Å². The molecule has 2 aromatic rings. The van der Waals surface area contributed by atoms with Crippen molar-refractivity contribution in [2.45, 2.75) is 6.18 Å². The number of hydrogen-bond acceptors (Lipinski definition) is 3. The topological polar surface area (TPSA) is 93.3 Å².